The number of hydrogen-bond acceptors (Lipinski definition) is 0. The van der Waals surface area contributed by atoms with Crippen molar-refractivity contribution in [2.45, 2.75) is 19.3 Å². The van der Waals surface area contributed by atoms with Crippen molar-refractivity contribution in [3.8, 4) is 0 Å². The van der Waals surface area contributed by atoms with E-state index in [9.17, 15) is 0 Å². The summed E-state index contributed by atoms with van der Waals surface area (Å²) in [4.78, 5) is 0. The molecule has 0 saturated carbocycles. The van der Waals surface area contributed by atoms with Gasteiger partial charge in [-0.3, -0.25) is 0 Å². The van der Waals surface area contributed by atoms with E-state index in [1.54, 1.807) is 0 Å². The zero-order valence-electron chi connectivity index (χ0n) is 13.4. The van der Waals surface area contributed by atoms with Crippen LogP contribution in [0.25, 0.3) is 0 Å². The number of benzene rings is 3. The van der Waals surface area contributed by atoms with E-state index in [0.717, 1.165) is 0 Å². The summed E-state index contributed by atoms with van der Waals surface area (Å²) in [6.07, 6.45) is 5.01. The van der Waals surface area contributed by atoms with Crippen LogP contribution in [0.15, 0.2) is 91.0 Å². The second-order valence-electron chi connectivity index (χ2n) is 5.77. The summed E-state index contributed by atoms with van der Waals surface area (Å²) in [5.41, 5.74) is 1.45. The zero-order chi connectivity index (χ0) is 15.7. The fraction of sp³-hybridized carbons (Fsp3) is 0.182. The van der Waals surface area contributed by atoms with Crippen LogP contribution < -0.4 is 10.6 Å². The molecule has 0 aromatic heterocycles. The number of unbranched alkanes of at least 4 members (excludes halogenated alkanes) is 1. The van der Waals surface area contributed by atoms with Crippen molar-refractivity contribution < 1.29 is 0 Å². The molecule has 0 N–H and O–H groups in total. The van der Waals surface area contributed by atoms with Crippen LogP contribution in [-0.2, 0) is 6.42 Å². The van der Waals surface area contributed by atoms with Crippen LogP contribution in [0.2, 0.25) is 0 Å². The van der Waals surface area contributed by atoms with E-state index in [1.807, 2.05) is 0 Å². The lowest BCUT2D eigenvalue weighted by Gasteiger charge is -2.18. The normalized spacial score (nSPS) is 10.8. The summed E-state index contributed by atoms with van der Waals surface area (Å²) in [6.45, 7) is 0. The lowest BCUT2D eigenvalue weighted by Crippen LogP contribution is -2.13. The average molecular weight is 318 g/mol. The molecule has 0 heterocycles. The molecular formula is C22H23P. The van der Waals surface area contributed by atoms with Crippen molar-refractivity contribution in [3.05, 3.63) is 96.6 Å². The van der Waals surface area contributed by atoms with Crippen molar-refractivity contribution in [3.63, 3.8) is 0 Å². The Labute approximate surface area is 141 Å². The van der Waals surface area contributed by atoms with Gasteiger partial charge >= 0.3 is 0 Å². The summed E-state index contributed by atoms with van der Waals surface area (Å²) < 4.78 is 0. The SMILES string of the molecule is c1ccc(CCCCP(c2ccccc2)c2ccccc2)cc1. The molecule has 0 unspecified atom stereocenters. The Morgan fingerprint density at radius 1 is 0.522 bits per heavy atom. The quantitative estimate of drug-likeness (QED) is 0.418. The molecule has 3 aromatic carbocycles. The molecule has 0 atom stereocenters. The Morgan fingerprint density at radius 2 is 1.00 bits per heavy atom. The van der Waals surface area contributed by atoms with E-state index < -0.39 is 0 Å². The van der Waals surface area contributed by atoms with Crippen LogP contribution in [0.5, 0.6) is 0 Å². The monoisotopic (exact) mass is 318 g/mol. The second-order valence-corrected chi connectivity index (χ2v) is 8.10. The van der Waals surface area contributed by atoms with E-state index in [0.29, 0.717) is 0 Å². The minimum absolute atomic E-state index is 0.231. The van der Waals surface area contributed by atoms with Crippen LogP contribution in [0.4, 0.5) is 0 Å². The molecule has 3 rings (SSSR count). The Kier molecular flexibility index (Phi) is 6.01. The van der Waals surface area contributed by atoms with Gasteiger partial charge in [0.05, 0.1) is 0 Å². The summed E-state index contributed by atoms with van der Waals surface area (Å²) in [7, 11) is -0.231. The van der Waals surface area contributed by atoms with Gasteiger partial charge in [0.1, 0.15) is 0 Å². The van der Waals surface area contributed by atoms with Crippen molar-refractivity contribution >= 4 is 18.5 Å². The van der Waals surface area contributed by atoms with Gasteiger partial charge in [-0.1, -0.05) is 91.0 Å². The van der Waals surface area contributed by atoms with Crippen LogP contribution in [0, 0.1) is 0 Å². The fourth-order valence-corrected chi connectivity index (χ4v) is 5.29. The fourth-order valence-electron chi connectivity index (χ4n) is 2.87. The maximum Gasteiger partial charge on any atom is -0.0195 e. The number of hydrogen-bond donors (Lipinski definition) is 0. The van der Waals surface area contributed by atoms with E-state index in [4.69, 9.17) is 0 Å². The minimum Gasteiger partial charge on any atom is -0.0622 e. The Bertz CT molecular complexity index is 637. The standard InChI is InChI=1S/C22H23P/c1-4-12-20(13-5-1)14-10-11-19-23(21-15-6-2-7-16-21)22-17-8-3-9-18-22/h1-9,12-13,15-18H,10-11,14,19H2. The molecule has 0 saturated heterocycles. The molecule has 0 spiro atoms. The highest BCUT2D eigenvalue weighted by Gasteiger charge is 2.12. The Hall–Kier alpha value is -1.91. The van der Waals surface area contributed by atoms with Crippen LogP contribution in [-0.4, -0.2) is 6.16 Å². The molecule has 23 heavy (non-hydrogen) atoms. The summed E-state index contributed by atoms with van der Waals surface area (Å²) in [5, 5.41) is 2.99. The first kappa shape index (κ1) is 16.0. The predicted octanol–water partition coefficient (Wildman–Crippen LogP) is 5.14. The van der Waals surface area contributed by atoms with Crippen molar-refractivity contribution in [2.75, 3.05) is 6.16 Å². The predicted molar refractivity (Wildman–Crippen MR) is 103 cm³/mol. The number of aryl methyl sites for hydroxylation is 1. The number of rotatable bonds is 7. The van der Waals surface area contributed by atoms with Crippen molar-refractivity contribution in [1.29, 1.82) is 0 Å². The highest BCUT2D eigenvalue weighted by molar-refractivity contribution is 7.73. The highest BCUT2D eigenvalue weighted by Crippen LogP contribution is 2.34. The van der Waals surface area contributed by atoms with Gasteiger partial charge < -0.3 is 0 Å². The molecule has 0 aliphatic heterocycles. The van der Waals surface area contributed by atoms with E-state index in [1.165, 1.54) is 41.6 Å². The third-order valence-corrected chi connectivity index (χ3v) is 6.68. The first-order chi connectivity index (χ1) is 11.4. The van der Waals surface area contributed by atoms with Gasteiger partial charge in [-0.2, -0.15) is 0 Å². The maximum atomic E-state index is 2.29. The van der Waals surface area contributed by atoms with Gasteiger partial charge in [0.25, 0.3) is 0 Å². The van der Waals surface area contributed by atoms with Crippen molar-refractivity contribution in [2.24, 2.45) is 0 Å². The van der Waals surface area contributed by atoms with Gasteiger partial charge in [-0.15, -0.1) is 0 Å². The van der Waals surface area contributed by atoms with Gasteiger partial charge in [-0.05, 0) is 49.5 Å². The smallest absolute Gasteiger partial charge is 0.0195 e. The molecule has 116 valence electrons. The van der Waals surface area contributed by atoms with Gasteiger partial charge in [0.2, 0.25) is 0 Å². The van der Waals surface area contributed by atoms with Crippen molar-refractivity contribution in [1.82, 2.24) is 0 Å². The molecule has 0 fully saturated rings. The molecule has 0 nitrogen and oxygen atoms in total. The van der Waals surface area contributed by atoms with Gasteiger partial charge in [-0.25, -0.2) is 0 Å². The molecule has 0 radical (unpaired) electrons. The lowest BCUT2D eigenvalue weighted by atomic mass is 10.1. The summed E-state index contributed by atoms with van der Waals surface area (Å²) >= 11 is 0. The molecule has 1 heteroatoms. The van der Waals surface area contributed by atoms with E-state index in [2.05, 4.69) is 91.0 Å². The Balaban J connectivity index is 1.63. The largest absolute Gasteiger partial charge is 0.0622 e. The topological polar surface area (TPSA) is 0 Å². The average Bonchev–Trinajstić information content (AvgIpc) is 2.64. The van der Waals surface area contributed by atoms with Gasteiger partial charge in [0, 0.05) is 0 Å². The first-order valence-electron chi connectivity index (χ1n) is 8.35. The molecule has 0 aliphatic rings. The van der Waals surface area contributed by atoms with E-state index in [-0.39, 0.29) is 7.92 Å². The molecular weight excluding hydrogens is 295 g/mol. The zero-order valence-corrected chi connectivity index (χ0v) is 14.3. The Morgan fingerprint density at radius 3 is 1.52 bits per heavy atom. The van der Waals surface area contributed by atoms with E-state index >= 15 is 0 Å². The van der Waals surface area contributed by atoms with Crippen LogP contribution in [0.3, 0.4) is 0 Å². The minimum atomic E-state index is -0.231. The summed E-state index contributed by atoms with van der Waals surface area (Å²) in [5.74, 6) is 0. The van der Waals surface area contributed by atoms with Crippen LogP contribution >= 0.6 is 7.92 Å². The molecule has 0 aliphatic carbocycles. The summed E-state index contributed by atoms with van der Waals surface area (Å²) in [6, 6.07) is 32.9. The molecule has 0 amide bonds. The lowest BCUT2D eigenvalue weighted by molar-refractivity contribution is 0.801. The maximum absolute atomic E-state index is 2.29. The third kappa shape index (κ3) is 4.78. The molecule has 0 bridgehead atoms. The first-order valence-corrected chi connectivity index (χ1v) is 9.88. The molecule has 3 aromatic rings. The highest BCUT2D eigenvalue weighted by atomic mass is 31.1. The van der Waals surface area contributed by atoms with Crippen LogP contribution in [0.1, 0.15) is 18.4 Å². The second kappa shape index (κ2) is 8.65. The van der Waals surface area contributed by atoms with Gasteiger partial charge in [0.15, 0.2) is 0 Å². The third-order valence-electron chi connectivity index (χ3n) is 4.08.